The second-order valence-corrected chi connectivity index (χ2v) is 9.07. The van der Waals surface area contributed by atoms with Crippen LogP contribution in [0.2, 0.25) is 0 Å². The van der Waals surface area contributed by atoms with Gasteiger partial charge in [0.2, 0.25) is 5.91 Å². The molecule has 31 heavy (non-hydrogen) atoms. The van der Waals surface area contributed by atoms with Gasteiger partial charge in [-0.15, -0.1) is 0 Å². The summed E-state index contributed by atoms with van der Waals surface area (Å²) < 4.78 is 7.24. The van der Waals surface area contributed by atoms with Crippen LogP contribution in [0.4, 0.5) is 0 Å². The largest absolute Gasteiger partial charge is 0.497 e. The summed E-state index contributed by atoms with van der Waals surface area (Å²) in [5.41, 5.74) is 7.98. The monoisotopic (exact) mass is 426 g/mol. The predicted molar refractivity (Wildman–Crippen MR) is 121 cm³/mol. The highest BCUT2D eigenvalue weighted by molar-refractivity contribution is 5.99. The van der Waals surface area contributed by atoms with Gasteiger partial charge >= 0.3 is 0 Å². The van der Waals surface area contributed by atoms with E-state index in [0.717, 1.165) is 29.5 Å². The van der Waals surface area contributed by atoms with Crippen molar-refractivity contribution in [3.8, 4) is 5.75 Å². The Hall–Kier alpha value is -2.54. The number of piperazine rings is 1. The average Bonchev–Trinajstić information content (AvgIpc) is 3.13. The van der Waals surface area contributed by atoms with Gasteiger partial charge in [-0.3, -0.25) is 9.59 Å². The van der Waals surface area contributed by atoms with E-state index in [-0.39, 0.29) is 17.9 Å². The number of aromatic nitrogens is 1. The van der Waals surface area contributed by atoms with E-state index in [1.54, 1.807) is 7.11 Å². The number of aryl methyl sites for hydroxylation is 1. The van der Waals surface area contributed by atoms with E-state index in [9.17, 15) is 9.59 Å². The third kappa shape index (κ3) is 4.15. The molecule has 0 radical (unpaired) electrons. The van der Waals surface area contributed by atoms with Crippen molar-refractivity contribution in [2.75, 3.05) is 26.7 Å². The minimum Gasteiger partial charge on any atom is -0.497 e. The Labute approximate surface area is 184 Å². The van der Waals surface area contributed by atoms with E-state index >= 15 is 0 Å². The van der Waals surface area contributed by atoms with E-state index in [0.29, 0.717) is 31.2 Å². The average molecular weight is 427 g/mol. The number of hydrogen-bond donors (Lipinski definition) is 1. The van der Waals surface area contributed by atoms with E-state index in [1.165, 1.54) is 19.3 Å². The first-order valence-corrected chi connectivity index (χ1v) is 11.4. The molecule has 1 aliphatic carbocycles. The Morgan fingerprint density at radius 3 is 2.55 bits per heavy atom. The standard InChI is InChI=1S/C24H34N4O3/c1-16-15-27(11-12-28(16)24(30)22(25)17-7-5-4-6-8-17)23(29)21-13-18-9-10-19(31-3)14-20(18)26(21)2/h9-10,13-14,16-17,22H,4-8,11-12,15,25H2,1-3H3. The predicted octanol–water partition coefficient (Wildman–Crippen LogP) is 2.77. The number of hydrogen-bond acceptors (Lipinski definition) is 4. The van der Waals surface area contributed by atoms with Crippen LogP contribution in [0, 0.1) is 5.92 Å². The van der Waals surface area contributed by atoms with Gasteiger partial charge in [0.1, 0.15) is 11.4 Å². The summed E-state index contributed by atoms with van der Waals surface area (Å²) >= 11 is 0. The van der Waals surface area contributed by atoms with Crippen LogP contribution in [0.5, 0.6) is 5.75 Å². The van der Waals surface area contributed by atoms with Gasteiger partial charge in [-0.1, -0.05) is 19.3 Å². The van der Waals surface area contributed by atoms with Crippen LogP contribution < -0.4 is 10.5 Å². The molecule has 168 valence electrons. The highest BCUT2D eigenvalue weighted by Crippen LogP contribution is 2.28. The van der Waals surface area contributed by atoms with Crippen LogP contribution in [-0.2, 0) is 11.8 Å². The molecule has 2 aliphatic rings. The van der Waals surface area contributed by atoms with Crippen molar-refractivity contribution in [2.24, 2.45) is 18.7 Å². The van der Waals surface area contributed by atoms with Crippen molar-refractivity contribution in [3.05, 3.63) is 30.0 Å². The quantitative estimate of drug-likeness (QED) is 0.815. The first kappa shape index (κ1) is 21.7. The molecule has 0 spiro atoms. The van der Waals surface area contributed by atoms with Crippen LogP contribution in [0.15, 0.2) is 24.3 Å². The van der Waals surface area contributed by atoms with Gasteiger partial charge in [0.15, 0.2) is 0 Å². The fraction of sp³-hybridized carbons (Fsp3) is 0.583. The molecule has 2 heterocycles. The highest BCUT2D eigenvalue weighted by Gasteiger charge is 2.36. The minimum atomic E-state index is -0.418. The molecule has 2 fully saturated rings. The lowest BCUT2D eigenvalue weighted by atomic mass is 9.83. The van der Waals surface area contributed by atoms with Crippen molar-refractivity contribution < 1.29 is 14.3 Å². The van der Waals surface area contributed by atoms with Crippen molar-refractivity contribution in [3.63, 3.8) is 0 Å². The molecule has 1 aliphatic heterocycles. The topological polar surface area (TPSA) is 80.8 Å². The van der Waals surface area contributed by atoms with Gasteiger partial charge < -0.3 is 24.8 Å². The van der Waals surface area contributed by atoms with Crippen molar-refractivity contribution in [1.82, 2.24) is 14.4 Å². The fourth-order valence-electron chi connectivity index (χ4n) is 5.16. The summed E-state index contributed by atoms with van der Waals surface area (Å²) in [5, 5.41) is 1.01. The summed E-state index contributed by atoms with van der Waals surface area (Å²) in [6.45, 7) is 3.59. The Bertz CT molecular complexity index is 963. The molecule has 1 saturated carbocycles. The Balaban J connectivity index is 1.45. The van der Waals surface area contributed by atoms with Crippen molar-refractivity contribution in [2.45, 2.75) is 51.1 Å². The SMILES string of the molecule is COc1ccc2cc(C(=O)N3CCN(C(=O)C(N)C4CCCCC4)C(C)C3)n(C)c2c1. The number of fused-ring (bicyclic) bond motifs is 1. The van der Waals surface area contributed by atoms with Gasteiger partial charge in [-0.2, -0.15) is 0 Å². The Kier molecular flexibility index (Phi) is 6.23. The molecule has 1 aromatic carbocycles. The zero-order chi connectivity index (χ0) is 22.1. The van der Waals surface area contributed by atoms with Crippen LogP contribution >= 0.6 is 0 Å². The number of carbonyl (C=O) groups excluding carboxylic acids is 2. The lowest BCUT2D eigenvalue weighted by Crippen LogP contribution is -2.59. The van der Waals surface area contributed by atoms with E-state index in [4.69, 9.17) is 10.5 Å². The zero-order valence-electron chi connectivity index (χ0n) is 18.8. The maximum Gasteiger partial charge on any atom is 0.270 e. The number of nitrogens with two attached hydrogens (primary N) is 1. The number of benzene rings is 1. The van der Waals surface area contributed by atoms with Crippen LogP contribution in [0.25, 0.3) is 10.9 Å². The van der Waals surface area contributed by atoms with Gasteiger partial charge in [-0.05, 0) is 43.9 Å². The lowest BCUT2D eigenvalue weighted by molar-refractivity contribution is -0.138. The number of carbonyl (C=O) groups is 2. The van der Waals surface area contributed by atoms with Crippen LogP contribution in [0.1, 0.15) is 49.5 Å². The molecular formula is C24H34N4O3. The molecule has 7 heteroatoms. The summed E-state index contributed by atoms with van der Waals surface area (Å²) in [6, 6.07) is 7.28. The van der Waals surface area contributed by atoms with E-state index in [2.05, 4.69) is 0 Å². The number of amides is 2. The second-order valence-electron chi connectivity index (χ2n) is 9.07. The minimum absolute atomic E-state index is 0.00630. The summed E-state index contributed by atoms with van der Waals surface area (Å²) in [4.78, 5) is 30.1. The molecule has 2 unspecified atom stereocenters. The van der Waals surface area contributed by atoms with Gasteiger partial charge in [0.05, 0.1) is 18.7 Å². The zero-order valence-corrected chi connectivity index (χ0v) is 18.8. The van der Waals surface area contributed by atoms with Crippen LogP contribution in [0.3, 0.4) is 0 Å². The molecule has 1 aromatic heterocycles. The maximum atomic E-state index is 13.3. The Morgan fingerprint density at radius 1 is 1.13 bits per heavy atom. The van der Waals surface area contributed by atoms with E-state index in [1.807, 2.05) is 52.6 Å². The van der Waals surface area contributed by atoms with Gasteiger partial charge in [0, 0.05) is 44.2 Å². The first-order valence-electron chi connectivity index (χ1n) is 11.4. The molecule has 2 amide bonds. The third-order valence-corrected chi connectivity index (χ3v) is 7.11. The summed E-state index contributed by atoms with van der Waals surface area (Å²) in [5.74, 6) is 1.10. The Morgan fingerprint density at radius 2 is 1.87 bits per heavy atom. The molecule has 1 saturated heterocycles. The van der Waals surface area contributed by atoms with Gasteiger partial charge in [0.25, 0.3) is 5.91 Å². The van der Waals surface area contributed by atoms with Gasteiger partial charge in [-0.25, -0.2) is 0 Å². The number of nitrogens with zero attached hydrogens (tertiary/aromatic N) is 3. The first-order chi connectivity index (χ1) is 14.9. The summed E-state index contributed by atoms with van der Waals surface area (Å²) in [6.07, 6.45) is 5.67. The highest BCUT2D eigenvalue weighted by atomic mass is 16.5. The lowest BCUT2D eigenvalue weighted by Gasteiger charge is -2.42. The molecule has 2 N–H and O–H groups in total. The molecule has 4 rings (SSSR count). The maximum absolute atomic E-state index is 13.3. The number of methoxy groups -OCH3 is 1. The molecule has 2 aromatic rings. The molecular weight excluding hydrogens is 392 g/mol. The van der Waals surface area contributed by atoms with Crippen molar-refractivity contribution >= 4 is 22.7 Å². The number of ether oxygens (including phenoxy) is 1. The van der Waals surface area contributed by atoms with E-state index < -0.39 is 6.04 Å². The smallest absolute Gasteiger partial charge is 0.270 e. The second kappa shape index (κ2) is 8.91. The number of rotatable bonds is 4. The third-order valence-electron chi connectivity index (χ3n) is 7.11. The fourth-order valence-corrected chi connectivity index (χ4v) is 5.16. The normalized spacial score (nSPS) is 21.4. The molecule has 2 atom stereocenters. The molecule has 0 bridgehead atoms. The van der Waals surface area contributed by atoms with Crippen LogP contribution in [-0.4, -0.2) is 65.0 Å². The summed E-state index contributed by atoms with van der Waals surface area (Å²) in [7, 11) is 3.54. The van der Waals surface area contributed by atoms with Crippen molar-refractivity contribution in [1.29, 1.82) is 0 Å². The molecule has 7 nitrogen and oxygen atoms in total.